The molecular formula is C19H20N2O3. The second-order valence-electron chi connectivity index (χ2n) is 6.23. The molecule has 0 spiro atoms. The van der Waals surface area contributed by atoms with E-state index in [2.05, 4.69) is 17.1 Å². The van der Waals surface area contributed by atoms with Crippen LogP contribution in [0.25, 0.3) is 0 Å². The molecule has 2 aliphatic rings. The van der Waals surface area contributed by atoms with Gasteiger partial charge in [0.2, 0.25) is 5.88 Å². The molecule has 1 aromatic heterocycles. The molecule has 0 saturated carbocycles. The molecule has 0 aliphatic carbocycles. The van der Waals surface area contributed by atoms with E-state index in [0.717, 1.165) is 26.0 Å². The van der Waals surface area contributed by atoms with Crippen LogP contribution in [-0.2, 0) is 17.7 Å². The van der Waals surface area contributed by atoms with Gasteiger partial charge in [0.1, 0.15) is 6.10 Å². The summed E-state index contributed by atoms with van der Waals surface area (Å²) in [7, 11) is 0. The van der Waals surface area contributed by atoms with Crippen molar-refractivity contribution in [3.05, 3.63) is 59.3 Å². The molecule has 3 heterocycles. The standard InChI is InChI=1S/C19H20N2O3/c22-19(21-9-7-14-3-1-2-4-16(14)12-21)15-5-6-18(20-11-15)24-17-8-10-23-13-17/h1-6,11,17H,7-10,12-13H2/t17-/m1/s1. The number of hydrogen-bond acceptors (Lipinski definition) is 4. The van der Waals surface area contributed by atoms with E-state index < -0.39 is 0 Å². The molecule has 1 saturated heterocycles. The molecule has 1 atom stereocenters. The molecule has 0 bridgehead atoms. The fourth-order valence-corrected chi connectivity index (χ4v) is 3.20. The van der Waals surface area contributed by atoms with Gasteiger partial charge in [-0.3, -0.25) is 4.79 Å². The van der Waals surface area contributed by atoms with Crippen LogP contribution in [0.2, 0.25) is 0 Å². The van der Waals surface area contributed by atoms with Crippen molar-refractivity contribution in [3.8, 4) is 5.88 Å². The van der Waals surface area contributed by atoms with E-state index in [4.69, 9.17) is 9.47 Å². The predicted octanol–water partition coefficient (Wildman–Crippen LogP) is 2.45. The lowest BCUT2D eigenvalue weighted by Crippen LogP contribution is -2.36. The Hall–Kier alpha value is -2.40. The van der Waals surface area contributed by atoms with Crippen LogP contribution >= 0.6 is 0 Å². The van der Waals surface area contributed by atoms with Gasteiger partial charge < -0.3 is 14.4 Å². The van der Waals surface area contributed by atoms with Crippen molar-refractivity contribution >= 4 is 5.91 Å². The van der Waals surface area contributed by atoms with Crippen LogP contribution in [0.4, 0.5) is 0 Å². The van der Waals surface area contributed by atoms with Crippen molar-refractivity contribution in [2.75, 3.05) is 19.8 Å². The quantitative estimate of drug-likeness (QED) is 0.870. The first kappa shape index (κ1) is 15.1. The summed E-state index contributed by atoms with van der Waals surface area (Å²) in [5.41, 5.74) is 3.16. The first-order valence-corrected chi connectivity index (χ1v) is 8.36. The van der Waals surface area contributed by atoms with E-state index in [9.17, 15) is 4.79 Å². The smallest absolute Gasteiger partial charge is 0.255 e. The van der Waals surface area contributed by atoms with Crippen LogP contribution in [0.3, 0.4) is 0 Å². The van der Waals surface area contributed by atoms with E-state index in [0.29, 0.717) is 24.6 Å². The third-order valence-electron chi connectivity index (χ3n) is 4.58. The average molecular weight is 324 g/mol. The summed E-state index contributed by atoms with van der Waals surface area (Å²) in [4.78, 5) is 18.8. The minimum absolute atomic E-state index is 0.0211. The molecule has 0 radical (unpaired) electrons. The monoisotopic (exact) mass is 324 g/mol. The lowest BCUT2D eigenvalue weighted by atomic mass is 9.99. The van der Waals surface area contributed by atoms with E-state index in [1.807, 2.05) is 17.0 Å². The highest BCUT2D eigenvalue weighted by Crippen LogP contribution is 2.21. The summed E-state index contributed by atoms with van der Waals surface area (Å²) < 4.78 is 11.0. The second-order valence-corrected chi connectivity index (χ2v) is 6.23. The van der Waals surface area contributed by atoms with Gasteiger partial charge in [0.15, 0.2) is 0 Å². The van der Waals surface area contributed by atoms with Crippen LogP contribution in [0.15, 0.2) is 42.6 Å². The fraction of sp³-hybridized carbons (Fsp3) is 0.368. The maximum absolute atomic E-state index is 12.7. The van der Waals surface area contributed by atoms with E-state index in [-0.39, 0.29) is 12.0 Å². The first-order chi connectivity index (χ1) is 11.8. The minimum atomic E-state index is 0.0211. The van der Waals surface area contributed by atoms with Gasteiger partial charge in [-0.25, -0.2) is 4.98 Å². The molecule has 4 rings (SSSR count). The van der Waals surface area contributed by atoms with Gasteiger partial charge in [-0.2, -0.15) is 0 Å². The van der Waals surface area contributed by atoms with Crippen molar-refractivity contribution in [2.45, 2.75) is 25.5 Å². The Morgan fingerprint density at radius 2 is 2.08 bits per heavy atom. The maximum Gasteiger partial charge on any atom is 0.255 e. The van der Waals surface area contributed by atoms with Crippen molar-refractivity contribution in [1.82, 2.24) is 9.88 Å². The predicted molar refractivity (Wildman–Crippen MR) is 89.0 cm³/mol. The van der Waals surface area contributed by atoms with Crippen molar-refractivity contribution < 1.29 is 14.3 Å². The molecular weight excluding hydrogens is 304 g/mol. The number of carbonyl (C=O) groups is 1. The highest BCUT2D eigenvalue weighted by Gasteiger charge is 2.22. The van der Waals surface area contributed by atoms with Crippen LogP contribution in [-0.4, -0.2) is 41.7 Å². The molecule has 2 aliphatic heterocycles. The highest BCUT2D eigenvalue weighted by molar-refractivity contribution is 5.94. The Labute approximate surface area is 141 Å². The van der Waals surface area contributed by atoms with Gasteiger partial charge in [-0.1, -0.05) is 24.3 Å². The summed E-state index contributed by atoms with van der Waals surface area (Å²) in [6.07, 6.45) is 3.46. The van der Waals surface area contributed by atoms with Gasteiger partial charge in [0.05, 0.1) is 18.8 Å². The number of carbonyl (C=O) groups excluding carboxylic acids is 1. The summed E-state index contributed by atoms with van der Waals surface area (Å²) in [5.74, 6) is 0.568. The Balaban J connectivity index is 1.43. The molecule has 0 unspecified atom stereocenters. The van der Waals surface area contributed by atoms with Gasteiger partial charge >= 0.3 is 0 Å². The number of pyridine rings is 1. The fourth-order valence-electron chi connectivity index (χ4n) is 3.20. The Bertz CT molecular complexity index is 724. The summed E-state index contributed by atoms with van der Waals surface area (Å²) in [5, 5.41) is 0. The summed E-state index contributed by atoms with van der Waals surface area (Å²) in [6, 6.07) is 11.9. The van der Waals surface area contributed by atoms with Crippen LogP contribution in [0.1, 0.15) is 27.9 Å². The maximum atomic E-state index is 12.7. The average Bonchev–Trinajstić information content (AvgIpc) is 3.14. The number of aromatic nitrogens is 1. The molecule has 1 aromatic carbocycles. The number of fused-ring (bicyclic) bond motifs is 1. The van der Waals surface area contributed by atoms with Crippen LogP contribution in [0, 0.1) is 0 Å². The highest BCUT2D eigenvalue weighted by atomic mass is 16.5. The zero-order chi connectivity index (χ0) is 16.4. The largest absolute Gasteiger partial charge is 0.472 e. The van der Waals surface area contributed by atoms with Crippen molar-refractivity contribution in [1.29, 1.82) is 0 Å². The van der Waals surface area contributed by atoms with E-state index >= 15 is 0 Å². The van der Waals surface area contributed by atoms with Crippen LogP contribution < -0.4 is 4.74 Å². The molecule has 2 aromatic rings. The number of nitrogens with zero attached hydrogens (tertiary/aromatic N) is 2. The SMILES string of the molecule is O=C(c1ccc(O[C@@H]2CCOC2)nc1)N1CCc2ccccc2C1. The lowest BCUT2D eigenvalue weighted by molar-refractivity contribution is 0.0734. The zero-order valence-electron chi connectivity index (χ0n) is 13.5. The van der Waals surface area contributed by atoms with Gasteiger partial charge in [-0.05, 0) is 23.6 Å². The molecule has 1 fully saturated rings. The minimum Gasteiger partial charge on any atom is -0.472 e. The van der Waals surface area contributed by atoms with Crippen molar-refractivity contribution in [3.63, 3.8) is 0 Å². The number of ether oxygens (including phenoxy) is 2. The van der Waals surface area contributed by atoms with Gasteiger partial charge in [0.25, 0.3) is 5.91 Å². The molecule has 24 heavy (non-hydrogen) atoms. The third kappa shape index (κ3) is 3.12. The summed E-state index contributed by atoms with van der Waals surface area (Å²) in [6.45, 7) is 2.74. The Kier molecular flexibility index (Phi) is 4.17. The molecule has 124 valence electrons. The lowest BCUT2D eigenvalue weighted by Gasteiger charge is -2.28. The molecule has 5 nitrogen and oxygen atoms in total. The van der Waals surface area contributed by atoms with Crippen LogP contribution in [0.5, 0.6) is 5.88 Å². The third-order valence-corrected chi connectivity index (χ3v) is 4.58. The van der Waals surface area contributed by atoms with Gasteiger partial charge in [-0.15, -0.1) is 0 Å². The van der Waals surface area contributed by atoms with Gasteiger partial charge in [0, 0.05) is 31.8 Å². The number of amides is 1. The number of hydrogen-bond donors (Lipinski definition) is 0. The topological polar surface area (TPSA) is 51.7 Å². The molecule has 0 N–H and O–H groups in total. The van der Waals surface area contributed by atoms with Crippen molar-refractivity contribution in [2.24, 2.45) is 0 Å². The Morgan fingerprint density at radius 3 is 2.83 bits per heavy atom. The Morgan fingerprint density at radius 1 is 1.21 bits per heavy atom. The molecule has 1 amide bonds. The second kappa shape index (κ2) is 6.61. The summed E-state index contributed by atoms with van der Waals surface area (Å²) >= 11 is 0. The van der Waals surface area contributed by atoms with E-state index in [1.165, 1.54) is 11.1 Å². The normalized spacial score (nSPS) is 19.8. The number of benzene rings is 1. The van der Waals surface area contributed by atoms with E-state index in [1.54, 1.807) is 18.3 Å². The zero-order valence-corrected chi connectivity index (χ0v) is 13.5. The molecule has 5 heteroatoms. The first-order valence-electron chi connectivity index (χ1n) is 8.36. The number of rotatable bonds is 3.